The lowest BCUT2D eigenvalue weighted by molar-refractivity contribution is -0.297. The Morgan fingerprint density at radius 2 is 1.69 bits per heavy atom. The van der Waals surface area contributed by atoms with Gasteiger partial charge in [-0.2, -0.15) is 0 Å². The summed E-state index contributed by atoms with van der Waals surface area (Å²) in [7, 11) is 1.41. The molecule has 1 fully saturated rings. The van der Waals surface area contributed by atoms with E-state index < -0.39 is 54.9 Å². The number of carbonyl (C=O) groups excluding carboxylic acids is 2. The molecule has 4 N–H and O–H groups in total. The smallest absolute Gasteiger partial charge is 0.340 e. The fourth-order valence-corrected chi connectivity index (χ4v) is 4.38. The predicted octanol–water partition coefficient (Wildman–Crippen LogP) is 0.671. The number of amides is 1. The Kier molecular flexibility index (Phi) is 8.14. The molecule has 0 unspecified atom stereocenters. The molecule has 0 spiro atoms. The van der Waals surface area contributed by atoms with Crippen LogP contribution in [0.2, 0.25) is 0 Å². The summed E-state index contributed by atoms with van der Waals surface area (Å²) < 4.78 is 22.5. The van der Waals surface area contributed by atoms with E-state index >= 15 is 0 Å². The van der Waals surface area contributed by atoms with Crippen LogP contribution in [0, 0.1) is 0 Å². The topological polar surface area (TPSA) is 144 Å². The Labute approximate surface area is 208 Å². The van der Waals surface area contributed by atoms with E-state index in [9.17, 15) is 24.9 Å². The zero-order valence-corrected chi connectivity index (χ0v) is 19.8. The van der Waals surface area contributed by atoms with Crippen LogP contribution in [-0.4, -0.2) is 77.8 Å². The van der Waals surface area contributed by atoms with Gasteiger partial charge >= 0.3 is 5.97 Å². The number of carbonyl (C=O) groups is 2. The van der Waals surface area contributed by atoms with Gasteiger partial charge in [0.1, 0.15) is 30.5 Å². The van der Waals surface area contributed by atoms with Crippen molar-refractivity contribution in [3.63, 3.8) is 0 Å². The Morgan fingerprint density at radius 1 is 1.06 bits per heavy atom. The van der Waals surface area contributed by atoms with Gasteiger partial charge in [0.05, 0.1) is 12.2 Å². The second-order valence-electron chi connectivity index (χ2n) is 8.59. The molecule has 2 aromatic rings. The second kappa shape index (κ2) is 11.3. The van der Waals surface area contributed by atoms with Crippen molar-refractivity contribution in [1.29, 1.82) is 0 Å². The molecule has 0 radical (unpaired) electrons. The molecule has 2 aromatic carbocycles. The molecule has 7 atom stereocenters. The number of cyclic esters (lactones) is 1. The highest BCUT2D eigenvalue weighted by molar-refractivity contribution is 6.03. The first-order chi connectivity index (χ1) is 17.3. The van der Waals surface area contributed by atoms with Crippen LogP contribution in [0.3, 0.4) is 0 Å². The van der Waals surface area contributed by atoms with Crippen LogP contribution in [0.15, 0.2) is 66.2 Å². The van der Waals surface area contributed by atoms with E-state index in [1.54, 1.807) is 60.7 Å². The number of ether oxygens (including phenoxy) is 4. The number of rotatable bonds is 8. The van der Waals surface area contributed by atoms with Crippen molar-refractivity contribution in [3.05, 3.63) is 77.4 Å². The summed E-state index contributed by atoms with van der Waals surface area (Å²) in [5.41, 5.74) is 1.34. The number of aliphatic hydroxyl groups is 3. The standard InChI is InChI=1S/C26H29NO9/c1-14(28)27-20-23(31)22(30)17(13-33-2)34-26(20)36-25-18(15-9-5-3-6-10-15)19(24(32)35-25)21(29)16-11-7-4-8-12-16/h3-12,17,20-23,25-26,29-31H,13H2,1-2H3,(H,27,28)/t17-,20-,21+,22+,23+,25-,26+/m0/s1. The fraction of sp³-hybridized carbons (Fsp3) is 0.385. The highest BCUT2D eigenvalue weighted by atomic mass is 16.8. The number of hydrogen-bond donors (Lipinski definition) is 4. The summed E-state index contributed by atoms with van der Waals surface area (Å²) in [5.74, 6) is -1.27. The van der Waals surface area contributed by atoms with Crippen LogP contribution in [0.25, 0.3) is 5.57 Å². The molecule has 0 aromatic heterocycles. The number of esters is 1. The number of benzene rings is 2. The van der Waals surface area contributed by atoms with E-state index in [1.165, 1.54) is 14.0 Å². The quantitative estimate of drug-likeness (QED) is 0.385. The van der Waals surface area contributed by atoms with Crippen molar-refractivity contribution in [2.24, 2.45) is 0 Å². The Hall–Kier alpha value is -3.12. The van der Waals surface area contributed by atoms with Crippen molar-refractivity contribution in [1.82, 2.24) is 5.32 Å². The van der Waals surface area contributed by atoms with Gasteiger partial charge in [-0.1, -0.05) is 60.7 Å². The van der Waals surface area contributed by atoms with Crippen molar-refractivity contribution in [2.45, 2.75) is 50.0 Å². The molecule has 2 aliphatic heterocycles. The van der Waals surface area contributed by atoms with Crippen LogP contribution < -0.4 is 5.32 Å². The van der Waals surface area contributed by atoms with E-state index in [0.29, 0.717) is 11.1 Å². The summed E-state index contributed by atoms with van der Waals surface area (Å²) in [6.07, 6.45) is -7.75. The van der Waals surface area contributed by atoms with Gasteiger partial charge in [0.25, 0.3) is 0 Å². The van der Waals surface area contributed by atoms with Crippen LogP contribution in [-0.2, 0) is 28.5 Å². The average molecular weight is 500 g/mol. The summed E-state index contributed by atoms with van der Waals surface area (Å²) in [6, 6.07) is 16.3. The molecular formula is C26H29NO9. The van der Waals surface area contributed by atoms with Gasteiger partial charge in [-0.05, 0) is 11.1 Å². The molecule has 0 saturated carbocycles. The van der Waals surface area contributed by atoms with Crippen molar-refractivity contribution < 1.29 is 43.9 Å². The van der Waals surface area contributed by atoms with Crippen LogP contribution in [0.4, 0.5) is 0 Å². The first-order valence-electron chi connectivity index (χ1n) is 11.5. The van der Waals surface area contributed by atoms with Gasteiger partial charge in [0.15, 0.2) is 6.29 Å². The molecule has 2 aliphatic rings. The molecule has 10 nitrogen and oxygen atoms in total. The largest absolute Gasteiger partial charge is 0.428 e. The zero-order chi connectivity index (χ0) is 25.8. The predicted molar refractivity (Wildman–Crippen MR) is 126 cm³/mol. The van der Waals surface area contributed by atoms with E-state index in [2.05, 4.69) is 5.32 Å². The van der Waals surface area contributed by atoms with E-state index in [0.717, 1.165) is 0 Å². The number of hydrogen-bond acceptors (Lipinski definition) is 9. The maximum atomic E-state index is 13.0. The highest BCUT2D eigenvalue weighted by Crippen LogP contribution is 2.40. The SMILES string of the molecule is COC[C@@H]1O[C@H](O[C@@H]2OC(=O)C([C@H](O)c3ccccc3)=C2c2ccccc2)[C@@H](NC(C)=O)[C@@H](O)[C@@H]1O. The molecule has 2 heterocycles. The molecular weight excluding hydrogens is 470 g/mol. The van der Waals surface area contributed by atoms with E-state index in [1.807, 2.05) is 0 Å². The summed E-state index contributed by atoms with van der Waals surface area (Å²) in [5, 5.41) is 34.8. The lowest BCUT2D eigenvalue weighted by Crippen LogP contribution is -2.65. The molecule has 0 bridgehead atoms. The minimum Gasteiger partial charge on any atom is -0.428 e. The molecule has 1 saturated heterocycles. The maximum Gasteiger partial charge on any atom is 0.340 e. The third kappa shape index (κ3) is 5.34. The lowest BCUT2D eigenvalue weighted by Gasteiger charge is -2.43. The van der Waals surface area contributed by atoms with Crippen molar-refractivity contribution >= 4 is 17.4 Å². The first-order valence-corrected chi connectivity index (χ1v) is 11.5. The average Bonchev–Trinajstić information content (AvgIpc) is 3.20. The minimum absolute atomic E-state index is 0.00156. The third-order valence-corrected chi connectivity index (χ3v) is 6.09. The van der Waals surface area contributed by atoms with Gasteiger partial charge in [-0.15, -0.1) is 0 Å². The number of nitrogens with one attached hydrogen (secondary N) is 1. The zero-order valence-electron chi connectivity index (χ0n) is 19.8. The molecule has 192 valence electrons. The second-order valence-corrected chi connectivity index (χ2v) is 8.59. The van der Waals surface area contributed by atoms with E-state index in [-0.39, 0.29) is 17.8 Å². The Bertz CT molecular complexity index is 1090. The van der Waals surface area contributed by atoms with Crippen LogP contribution in [0.5, 0.6) is 0 Å². The Morgan fingerprint density at radius 3 is 2.31 bits per heavy atom. The fourth-order valence-electron chi connectivity index (χ4n) is 4.38. The summed E-state index contributed by atoms with van der Waals surface area (Å²) >= 11 is 0. The van der Waals surface area contributed by atoms with Gasteiger partial charge < -0.3 is 39.6 Å². The van der Waals surface area contributed by atoms with Crippen molar-refractivity contribution in [2.75, 3.05) is 13.7 Å². The monoisotopic (exact) mass is 499 g/mol. The molecule has 10 heteroatoms. The van der Waals surface area contributed by atoms with E-state index in [4.69, 9.17) is 18.9 Å². The molecule has 36 heavy (non-hydrogen) atoms. The van der Waals surface area contributed by atoms with Gasteiger partial charge in [0, 0.05) is 19.6 Å². The minimum atomic E-state index is -1.46. The maximum absolute atomic E-state index is 13.0. The third-order valence-electron chi connectivity index (χ3n) is 6.09. The highest BCUT2D eigenvalue weighted by Gasteiger charge is 2.49. The Balaban J connectivity index is 1.72. The summed E-state index contributed by atoms with van der Waals surface area (Å²) in [4.78, 5) is 24.9. The summed E-state index contributed by atoms with van der Waals surface area (Å²) in [6.45, 7) is 1.19. The number of aliphatic hydroxyl groups excluding tert-OH is 3. The molecule has 4 rings (SSSR count). The first kappa shape index (κ1) is 26.0. The van der Waals surface area contributed by atoms with Crippen molar-refractivity contribution in [3.8, 4) is 0 Å². The van der Waals surface area contributed by atoms with Gasteiger partial charge in [-0.3, -0.25) is 4.79 Å². The van der Waals surface area contributed by atoms with Crippen LogP contribution >= 0.6 is 0 Å². The molecule has 0 aliphatic carbocycles. The molecule has 1 amide bonds. The lowest BCUT2D eigenvalue weighted by atomic mass is 9.93. The number of methoxy groups -OCH3 is 1. The van der Waals surface area contributed by atoms with Crippen LogP contribution in [0.1, 0.15) is 24.2 Å². The normalized spacial score (nSPS) is 29.1. The van der Waals surface area contributed by atoms with Gasteiger partial charge in [0.2, 0.25) is 12.2 Å². The van der Waals surface area contributed by atoms with Gasteiger partial charge in [-0.25, -0.2) is 4.79 Å².